The van der Waals surface area contributed by atoms with Gasteiger partial charge in [0, 0.05) is 12.6 Å². The van der Waals surface area contributed by atoms with E-state index in [4.69, 9.17) is 0 Å². The molecule has 1 aromatic rings. The molecular weight excluding hydrogens is 290 g/mol. The third kappa shape index (κ3) is 4.04. The number of carbonyl (C=O) groups excluding carboxylic acids is 1. The summed E-state index contributed by atoms with van der Waals surface area (Å²) in [5.74, 6) is -0.463. The molecule has 0 N–H and O–H groups in total. The number of methoxy groups -OCH3 is 1. The summed E-state index contributed by atoms with van der Waals surface area (Å²) in [6.45, 7) is 7.95. The van der Waals surface area contributed by atoms with E-state index in [0.29, 0.717) is 6.54 Å². The van der Waals surface area contributed by atoms with Crippen molar-refractivity contribution < 1.29 is 17.9 Å². The molecule has 0 unspecified atom stereocenters. The molecule has 1 rings (SSSR count). The van der Waals surface area contributed by atoms with Crippen LogP contribution in [0.5, 0.6) is 0 Å². The van der Waals surface area contributed by atoms with E-state index in [2.05, 4.69) is 4.74 Å². The van der Waals surface area contributed by atoms with Gasteiger partial charge in [-0.15, -0.1) is 0 Å². The Morgan fingerprint density at radius 3 is 2.24 bits per heavy atom. The molecule has 5 nitrogen and oxygen atoms in total. The Balaban J connectivity index is 3.38. The van der Waals surface area contributed by atoms with Crippen LogP contribution in [0, 0.1) is 5.92 Å². The smallest absolute Gasteiger partial charge is 0.339 e. The average molecular weight is 313 g/mol. The minimum Gasteiger partial charge on any atom is -0.465 e. The van der Waals surface area contributed by atoms with E-state index in [1.54, 1.807) is 12.1 Å². The number of carbonyl (C=O) groups is 1. The molecule has 1 aromatic carbocycles. The largest absolute Gasteiger partial charge is 0.465 e. The molecule has 0 aliphatic carbocycles. The molecule has 21 heavy (non-hydrogen) atoms. The number of hydrogen-bond donors (Lipinski definition) is 0. The van der Waals surface area contributed by atoms with Crippen LogP contribution in [0.1, 0.15) is 38.1 Å². The maximum absolute atomic E-state index is 12.9. The maximum Gasteiger partial charge on any atom is 0.339 e. The zero-order valence-corrected chi connectivity index (χ0v) is 14.0. The van der Waals surface area contributed by atoms with E-state index in [1.165, 1.54) is 23.5 Å². The molecule has 0 saturated carbocycles. The predicted molar refractivity (Wildman–Crippen MR) is 81.6 cm³/mol. The van der Waals surface area contributed by atoms with Gasteiger partial charge in [-0.3, -0.25) is 0 Å². The van der Waals surface area contributed by atoms with Crippen molar-refractivity contribution in [1.29, 1.82) is 0 Å². The standard InChI is InChI=1S/C15H23NO4S/c1-11(2)10-16(12(3)4)21(18,19)14-9-7-6-8-13(14)15(17)20-5/h6-9,11-12H,10H2,1-5H3. The van der Waals surface area contributed by atoms with Gasteiger partial charge in [0.25, 0.3) is 0 Å². The van der Waals surface area contributed by atoms with E-state index in [-0.39, 0.29) is 22.4 Å². The summed E-state index contributed by atoms with van der Waals surface area (Å²) in [6.07, 6.45) is 0. The first-order valence-corrected chi connectivity index (χ1v) is 8.35. The summed E-state index contributed by atoms with van der Waals surface area (Å²) in [5, 5.41) is 0. The minimum atomic E-state index is -3.75. The zero-order chi connectivity index (χ0) is 16.2. The molecule has 0 aliphatic rings. The van der Waals surface area contributed by atoms with E-state index < -0.39 is 16.0 Å². The third-order valence-corrected chi connectivity index (χ3v) is 5.10. The van der Waals surface area contributed by atoms with Gasteiger partial charge in [0.05, 0.1) is 17.6 Å². The van der Waals surface area contributed by atoms with Crippen LogP contribution in [0.4, 0.5) is 0 Å². The second-order valence-electron chi connectivity index (χ2n) is 5.55. The van der Waals surface area contributed by atoms with E-state index in [0.717, 1.165) is 0 Å². The number of sulfonamides is 1. The lowest BCUT2D eigenvalue weighted by atomic mass is 10.2. The third-order valence-electron chi connectivity index (χ3n) is 3.00. The van der Waals surface area contributed by atoms with Crippen molar-refractivity contribution in [3.8, 4) is 0 Å². The second-order valence-corrected chi connectivity index (χ2v) is 7.41. The summed E-state index contributed by atoms with van der Waals surface area (Å²) < 4.78 is 31.8. The van der Waals surface area contributed by atoms with Crippen LogP contribution in [-0.4, -0.2) is 38.4 Å². The van der Waals surface area contributed by atoms with Crippen LogP contribution in [-0.2, 0) is 14.8 Å². The highest BCUT2D eigenvalue weighted by Gasteiger charge is 2.31. The van der Waals surface area contributed by atoms with Crippen molar-refractivity contribution in [2.75, 3.05) is 13.7 Å². The molecule has 118 valence electrons. The summed E-state index contributed by atoms with van der Waals surface area (Å²) in [7, 11) is -2.51. The lowest BCUT2D eigenvalue weighted by molar-refractivity contribution is 0.0596. The number of rotatable bonds is 6. The lowest BCUT2D eigenvalue weighted by Crippen LogP contribution is -2.40. The Kier molecular flexibility index (Phi) is 5.92. The number of benzene rings is 1. The second kappa shape index (κ2) is 7.04. The number of esters is 1. The molecule has 0 atom stereocenters. The Morgan fingerprint density at radius 1 is 1.19 bits per heavy atom. The maximum atomic E-state index is 12.9. The van der Waals surface area contributed by atoms with Crippen LogP contribution in [0.3, 0.4) is 0 Å². The zero-order valence-electron chi connectivity index (χ0n) is 13.2. The van der Waals surface area contributed by atoms with Crippen molar-refractivity contribution in [2.24, 2.45) is 5.92 Å². The van der Waals surface area contributed by atoms with E-state index in [9.17, 15) is 13.2 Å². The number of hydrogen-bond acceptors (Lipinski definition) is 4. The van der Waals surface area contributed by atoms with Crippen molar-refractivity contribution in [3.05, 3.63) is 29.8 Å². The summed E-state index contributed by atoms with van der Waals surface area (Å²) in [5.41, 5.74) is 0.0643. The van der Waals surface area contributed by atoms with Gasteiger partial charge in [0.15, 0.2) is 0 Å². The van der Waals surface area contributed by atoms with Gasteiger partial charge < -0.3 is 4.74 Å². The first kappa shape index (κ1) is 17.7. The van der Waals surface area contributed by atoms with Gasteiger partial charge in [0.2, 0.25) is 10.0 Å². The molecular formula is C15H23NO4S. The summed E-state index contributed by atoms with van der Waals surface area (Å²) >= 11 is 0. The highest BCUT2D eigenvalue weighted by atomic mass is 32.2. The van der Waals surface area contributed by atoms with Gasteiger partial charge in [-0.1, -0.05) is 26.0 Å². The fourth-order valence-corrected chi connectivity index (χ4v) is 4.02. The van der Waals surface area contributed by atoms with Crippen LogP contribution in [0.2, 0.25) is 0 Å². The first-order chi connectivity index (χ1) is 9.71. The molecule has 6 heteroatoms. The SMILES string of the molecule is COC(=O)c1ccccc1S(=O)(=O)N(CC(C)C)C(C)C. The van der Waals surface area contributed by atoms with Crippen molar-refractivity contribution >= 4 is 16.0 Å². The Bertz CT molecular complexity index is 593. The van der Waals surface area contributed by atoms with Crippen molar-refractivity contribution in [3.63, 3.8) is 0 Å². The van der Waals surface area contributed by atoms with Crippen LogP contribution in [0.25, 0.3) is 0 Å². The normalized spacial score (nSPS) is 12.2. The monoisotopic (exact) mass is 313 g/mol. The summed E-state index contributed by atoms with van der Waals surface area (Å²) in [4.78, 5) is 11.8. The van der Waals surface area contributed by atoms with Gasteiger partial charge in [-0.2, -0.15) is 4.31 Å². The lowest BCUT2D eigenvalue weighted by Gasteiger charge is -2.28. The van der Waals surface area contributed by atoms with Gasteiger partial charge in [-0.25, -0.2) is 13.2 Å². The highest BCUT2D eigenvalue weighted by molar-refractivity contribution is 7.89. The van der Waals surface area contributed by atoms with Crippen LogP contribution >= 0.6 is 0 Å². The van der Waals surface area contributed by atoms with E-state index >= 15 is 0 Å². The topological polar surface area (TPSA) is 63.7 Å². The quantitative estimate of drug-likeness (QED) is 0.757. The minimum absolute atomic E-state index is 0.00815. The highest BCUT2D eigenvalue weighted by Crippen LogP contribution is 2.23. The fourth-order valence-electron chi connectivity index (χ4n) is 2.04. The molecule has 0 saturated heterocycles. The Morgan fingerprint density at radius 2 is 1.76 bits per heavy atom. The molecule has 0 bridgehead atoms. The van der Waals surface area contributed by atoms with Crippen LogP contribution < -0.4 is 0 Å². The first-order valence-electron chi connectivity index (χ1n) is 6.91. The average Bonchev–Trinajstić information content (AvgIpc) is 2.43. The molecule has 0 amide bonds. The van der Waals surface area contributed by atoms with Gasteiger partial charge in [-0.05, 0) is 31.9 Å². The molecule has 0 aliphatic heterocycles. The number of ether oxygens (including phenoxy) is 1. The molecule has 0 fully saturated rings. The summed E-state index contributed by atoms with van der Waals surface area (Å²) in [6, 6.07) is 5.94. The van der Waals surface area contributed by atoms with Gasteiger partial charge >= 0.3 is 5.97 Å². The molecule has 0 spiro atoms. The van der Waals surface area contributed by atoms with Crippen molar-refractivity contribution in [2.45, 2.75) is 38.6 Å². The van der Waals surface area contributed by atoms with Gasteiger partial charge in [0.1, 0.15) is 0 Å². The van der Waals surface area contributed by atoms with Crippen molar-refractivity contribution in [1.82, 2.24) is 4.31 Å². The Labute approximate surface area is 127 Å². The fraction of sp³-hybridized carbons (Fsp3) is 0.533. The molecule has 0 aromatic heterocycles. The number of nitrogens with zero attached hydrogens (tertiary/aromatic N) is 1. The van der Waals surface area contributed by atoms with Crippen LogP contribution in [0.15, 0.2) is 29.2 Å². The van der Waals surface area contributed by atoms with E-state index in [1.807, 2.05) is 27.7 Å². The molecule has 0 radical (unpaired) electrons. The predicted octanol–water partition coefficient (Wildman–Crippen LogP) is 2.53. The Hall–Kier alpha value is -1.40. The molecule has 0 heterocycles.